The van der Waals surface area contributed by atoms with E-state index in [1.54, 1.807) is 10.7 Å². The minimum Gasteiger partial charge on any atom is -0.319 e. The van der Waals surface area contributed by atoms with Crippen LogP contribution in [0.3, 0.4) is 0 Å². The van der Waals surface area contributed by atoms with Crippen molar-refractivity contribution < 1.29 is 4.79 Å². The molecular formula is C17H20N4OS. The number of rotatable bonds is 2. The summed E-state index contributed by atoms with van der Waals surface area (Å²) in [5, 5.41) is 4.38. The first kappa shape index (κ1) is 15.7. The molecule has 2 aromatic heterocycles. The molecule has 6 heteroatoms. The van der Waals surface area contributed by atoms with E-state index >= 15 is 0 Å². The molecular weight excluding hydrogens is 308 g/mol. The number of amides is 1. The molecule has 0 saturated heterocycles. The molecule has 0 atom stereocenters. The third kappa shape index (κ3) is 2.86. The lowest BCUT2D eigenvalue weighted by atomic mass is 10.2. The minimum atomic E-state index is -0.252. The van der Waals surface area contributed by atoms with Gasteiger partial charge in [0.2, 0.25) is 0 Å². The van der Waals surface area contributed by atoms with Crippen LogP contribution >= 0.6 is 11.3 Å². The highest BCUT2D eigenvalue weighted by atomic mass is 32.1. The summed E-state index contributed by atoms with van der Waals surface area (Å²) in [5.41, 5.74) is 3.64. The third-order valence-electron chi connectivity index (χ3n) is 3.73. The lowest BCUT2D eigenvalue weighted by Gasteiger charge is -2.07. The highest BCUT2D eigenvalue weighted by Crippen LogP contribution is 2.18. The fourth-order valence-corrected chi connectivity index (χ4v) is 3.68. The molecule has 5 nitrogen and oxygen atoms in total. The van der Waals surface area contributed by atoms with Gasteiger partial charge in [0.05, 0.1) is 15.9 Å². The Morgan fingerprint density at radius 1 is 1.26 bits per heavy atom. The number of benzene rings is 1. The molecule has 1 amide bonds. The van der Waals surface area contributed by atoms with Crippen LogP contribution in [0.2, 0.25) is 0 Å². The highest BCUT2D eigenvalue weighted by Gasteiger charge is 2.16. The van der Waals surface area contributed by atoms with Gasteiger partial charge in [-0.3, -0.25) is 9.48 Å². The molecule has 0 spiro atoms. The number of thiazole rings is 1. The quantitative estimate of drug-likeness (QED) is 0.724. The zero-order valence-corrected chi connectivity index (χ0v) is 14.8. The van der Waals surface area contributed by atoms with Gasteiger partial charge < -0.3 is 4.57 Å². The predicted molar refractivity (Wildman–Crippen MR) is 92.8 cm³/mol. The van der Waals surface area contributed by atoms with Crippen LogP contribution in [0.5, 0.6) is 0 Å². The molecule has 3 aromatic rings. The number of aromatic nitrogens is 3. The monoisotopic (exact) mass is 328 g/mol. The van der Waals surface area contributed by atoms with Crippen LogP contribution < -0.4 is 4.80 Å². The van der Waals surface area contributed by atoms with Crippen LogP contribution in [0.25, 0.3) is 10.2 Å². The van der Waals surface area contributed by atoms with Crippen LogP contribution in [0.4, 0.5) is 0 Å². The van der Waals surface area contributed by atoms with E-state index in [1.807, 2.05) is 32.4 Å². The summed E-state index contributed by atoms with van der Waals surface area (Å²) in [7, 11) is 1.94. The molecule has 3 rings (SSSR count). The maximum absolute atomic E-state index is 12.6. The number of aryl methyl sites for hydroxylation is 3. The molecule has 0 N–H and O–H groups in total. The minimum absolute atomic E-state index is 0.122. The molecule has 1 aromatic carbocycles. The van der Waals surface area contributed by atoms with Gasteiger partial charge in [-0.1, -0.05) is 17.4 Å². The average molecular weight is 328 g/mol. The van der Waals surface area contributed by atoms with Crippen LogP contribution in [0.1, 0.15) is 41.6 Å². The zero-order valence-electron chi connectivity index (χ0n) is 14.0. The molecule has 0 radical (unpaired) electrons. The van der Waals surface area contributed by atoms with E-state index in [0.717, 1.165) is 15.9 Å². The van der Waals surface area contributed by atoms with Crippen molar-refractivity contribution in [3.8, 4) is 0 Å². The third-order valence-corrected chi connectivity index (χ3v) is 4.82. The molecule has 0 saturated carbocycles. The summed E-state index contributed by atoms with van der Waals surface area (Å²) in [6.45, 7) is 7.96. The number of hydrogen-bond donors (Lipinski definition) is 0. The Bertz CT molecular complexity index is 959. The van der Waals surface area contributed by atoms with Crippen LogP contribution in [0, 0.1) is 13.8 Å². The van der Waals surface area contributed by atoms with Gasteiger partial charge in [-0.2, -0.15) is 10.1 Å². The van der Waals surface area contributed by atoms with Crippen LogP contribution in [-0.2, 0) is 7.05 Å². The Morgan fingerprint density at radius 2 is 2.00 bits per heavy atom. The van der Waals surface area contributed by atoms with Crippen molar-refractivity contribution in [3.05, 3.63) is 46.0 Å². The van der Waals surface area contributed by atoms with Gasteiger partial charge in [0.15, 0.2) is 4.80 Å². The van der Waals surface area contributed by atoms with Gasteiger partial charge in [0.1, 0.15) is 5.69 Å². The Hall–Kier alpha value is -2.21. The number of hydrogen-bond acceptors (Lipinski definition) is 3. The van der Waals surface area contributed by atoms with E-state index in [9.17, 15) is 4.79 Å². The van der Waals surface area contributed by atoms with Crippen molar-refractivity contribution in [2.75, 3.05) is 0 Å². The van der Waals surface area contributed by atoms with Crippen LogP contribution in [-0.4, -0.2) is 20.3 Å². The first-order chi connectivity index (χ1) is 10.9. The number of fused-ring (bicyclic) bond motifs is 1. The molecule has 2 heterocycles. The SMILES string of the molecule is Cc1ccc2c(c1)sc(=NC(=O)c1cc(C)nn1C(C)C)n2C. The van der Waals surface area contributed by atoms with Crippen LogP contribution in [0.15, 0.2) is 29.3 Å². The first-order valence-electron chi connectivity index (χ1n) is 7.58. The van der Waals surface area contributed by atoms with Gasteiger partial charge in [0, 0.05) is 13.1 Å². The number of carbonyl (C=O) groups is 1. The fraction of sp³-hybridized carbons (Fsp3) is 0.353. The van der Waals surface area contributed by atoms with E-state index < -0.39 is 0 Å². The summed E-state index contributed by atoms with van der Waals surface area (Å²) in [6, 6.07) is 8.16. The second-order valence-electron chi connectivity index (χ2n) is 6.04. The smallest absolute Gasteiger partial charge is 0.297 e. The topological polar surface area (TPSA) is 52.2 Å². The van der Waals surface area contributed by atoms with Crippen molar-refractivity contribution in [2.24, 2.45) is 12.0 Å². The van der Waals surface area contributed by atoms with E-state index in [4.69, 9.17) is 0 Å². The largest absolute Gasteiger partial charge is 0.319 e. The lowest BCUT2D eigenvalue weighted by molar-refractivity contribution is 0.0986. The van der Waals surface area contributed by atoms with E-state index in [0.29, 0.717) is 10.5 Å². The van der Waals surface area contributed by atoms with E-state index in [2.05, 4.69) is 35.2 Å². The number of carbonyl (C=O) groups excluding carboxylic acids is 1. The van der Waals surface area contributed by atoms with Gasteiger partial charge in [-0.25, -0.2) is 0 Å². The summed E-state index contributed by atoms with van der Waals surface area (Å²) < 4.78 is 4.83. The average Bonchev–Trinajstić information content (AvgIpc) is 3.00. The zero-order chi connectivity index (χ0) is 16.7. The fourth-order valence-electron chi connectivity index (χ4n) is 2.56. The Kier molecular flexibility index (Phi) is 3.93. The summed E-state index contributed by atoms with van der Waals surface area (Å²) >= 11 is 1.53. The van der Waals surface area contributed by atoms with Crippen molar-refractivity contribution in [1.29, 1.82) is 0 Å². The van der Waals surface area contributed by atoms with E-state index in [-0.39, 0.29) is 11.9 Å². The standard InChI is InChI=1S/C17H20N4OS/c1-10(2)21-14(9-12(4)19-21)16(22)18-17-20(5)13-7-6-11(3)8-15(13)23-17/h6-10H,1-5H3. The Morgan fingerprint density at radius 3 is 2.70 bits per heavy atom. The summed E-state index contributed by atoms with van der Waals surface area (Å²) in [4.78, 5) is 17.6. The van der Waals surface area contributed by atoms with Gasteiger partial charge in [-0.15, -0.1) is 0 Å². The van der Waals surface area contributed by atoms with Gasteiger partial charge in [-0.05, 0) is 51.5 Å². The van der Waals surface area contributed by atoms with Crippen molar-refractivity contribution >= 4 is 27.5 Å². The molecule has 0 aliphatic rings. The second-order valence-corrected chi connectivity index (χ2v) is 7.05. The van der Waals surface area contributed by atoms with E-state index in [1.165, 1.54) is 16.9 Å². The Balaban J connectivity index is 2.12. The lowest BCUT2D eigenvalue weighted by Crippen LogP contribution is -2.16. The molecule has 120 valence electrons. The number of nitrogens with zero attached hydrogens (tertiary/aromatic N) is 4. The van der Waals surface area contributed by atoms with Gasteiger partial charge >= 0.3 is 0 Å². The molecule has 0 fully saturated rings. The molecule has 23 heavy (non-hydrogen) atoms. The van der Waals surface area contributed by atoms with Crippen molar-refractivity contribution in [1.82, 2.24) is 14.3 Å². The predicted octanol–water partition coefficient (Wildman–Crippen LogP) is 3.38. The second kappa shape index (κ2) is 5.77. The first-order valence-corrected chi connectivity index (χ1v) is 8.40. The molecule has 0 bridgehead atoms. The van der Waals surface area contributed by atoms with Gasteiger partial charge in [0.25, 0.3) is 5.91 Å². The van der Waals surface area contributed by atoms with Crippen molar-refractivity contribution in [3.63, 3.8) is 0 Å². The maximum atomic E-state index is 12.6. The molecule has 0 unspecified atom stereocenters. The highest BCUT2D eigenvalue weighted by molar-refractivity contribution is 7.16. The molecule has 0 aliphatic carbocycles. The summed E-state index contributed by atoms with van der Waals surface area (Å²) in [6.07, 6.45) is 0. The summed E-state index contributed by atoms with van der Waals surface area (Å²) in [5.74, 6) is -0.252. The normalized spacial score (nSPS) is 12.5. The molecule has 0 aliphatic heterocycles. The Labute approximate surface area is 138 Å². The van der Waals surface area contributed by atoms with Crippen molar-refractivity contribution in [2.45, 2.75) is 33.7 Å². The maximum Gasteiger partial charge on any atom is 0.297 e.